The van der Waals surface area contributed by atoms with E-state index in [1.807, 2.05) is 0 Å². The summed E-state index contributed by atoms with van der Waals surface area (Å²) in [6.45, 7) is 4.37. The second-order valence-electron chi connectivity index (χ2n) is 1.92. The van der Waals surface area contributed by atoms with Gasteiger partial charge in [-0.3, -0.25) is 0 Å². The van der Waals surface area contributed by atoms with E-state index >= 15 is 0 Å². The van der Waals surface area contributed by atoms with E-state index in [2.05, 4.69) is 6.58 Å². The van der Waals surface area contributed by atoms with Crippen LogP contribution >= 0.6 is 0 Å². The zero-order valence-electron chi connectivity index (χ0n) is 6.84. The number of hydrogen-bond donors (Lipinski definition) is 0. The van der Waals surface area contributed by atoms with Crippen molar-refractivity contribution in [3.05, 3.63) is 12.7 Å². The number of esters is 1. The molecule has 0 aromatic carbocycles. The van der Waals surface area contributed by atoms with E-state index in [4.69, 9.17) is 9.47 Å². The van der Waals surface area contributed by atoms with Gasteiger partial charge in [0.15, 0.2) is 0 Å². The highest BCUT2D eigenvalue weighted by molar-refractivity contribution is 6.08. The summed E-state index contributed by atoms with van der Waals surface area (Å²) in [6.07, 6.45) is 2.77. The van der Waals surface area contributed by atoms with Gasteiger partial charge in [0.25, 0.3) is 0 Å². The number of hydrogen-bond acceptors (Lipinski definition) is 3. The summed E-state index contributed by atoms with van der Waals surface area (Å²) in [5.41, 5.74) is 0. The Morgan fingerprint density at radius 2 is 2.27 bits per heavy atom. The molecule has 0 heterocycles. The molecule has 0 aliphatic carbocycles. The van der Waals surface area contributed by atoms with Crippen molar-refractivity contribution in [3.63, 3.8) is 0 Å². The minimum atomic E-state index is -0.365. The molecular weight excluding hydrogens is 160 g/mol. The molecule has 64 valence electrons. The molecule has 0 aliphatic rings. The molecule has 11 heavy (non-hydrogen) atoms. The molecule has 0 bridgehead atoms. The molecular formula is C7H14O3Si. The van der Waals surface area contributed by atoms with Gasteiger partial charge < -0.3 is 9.47 Å². The average molecular weight is 174 g/mol. The first kappa shape index (κ1) is 10.4. The van der Waals surface area contributed by atoms with Crippen LogP contribution in [0.1, 0.15) is 6.42 Å². The van der Waals surface area contributed by atoms with Crippen LogP contribution in [0.2, 0.25) is 0 Å². The maximum atomic E-state index is 10.5. The van der Waals surface area contributed by atoms with Crippen LogP contribution in [0.3, 0.4) is 0 Å². The van der Waals surface area contributed by atoms with Crippen molar-refractivity contribution in [1.29, 1.82) is 0 Å². The maximum absolute atomic E-state index is 10.5. The molecule has 0 N–H and O–H groups in total. The summed E-state index contributed by atoms with van der Waals surface area (Å²) in [7, 11) is 1.06. The predicted molar refractivity (Wildman–Crippen MR) is 46.5 cm³/mol. The smallest absolute Gasteiger partial charge is 0.330 e. The number of rotatable bonds is 6. The van der Waals surface area contributed by atoms with Crippen LogP contribution in [-0.2, 0) is 14.3 Å². The summed E-state index contributed by atoms with van der Waals surface area (Å²) >= 11 is 0. The standard InChI is InChI=1S/C7H14O3Si/c1-2-7(8)10-5-3-4-9-6-11/h2H,1,3-6H2,11H3. The van der Waals surface area contributed by atoms with Crippen molar-refractivity contribution in [1.82, 2.24) is 0 Å². The molecule has 0 amide bonds. The van der Waals surface area contributed by atoms with E-state index in [0.29, 0.717) is 13.2 Å². The molecule has 0 spiro atoms. The largest absolute Gasteiger partial charge is 0.462 e. The van der Waals surface area contributed by atoms with Crippen molar-refractivity contribution >= 4 is 16.2 Å². The Morgan fingerprint density at radius 1 is 1.55 bits per heavy atom. The molecule has 3 nitrogen and oxygen atoms in total. The lowest BCUT2D eigenvalue weighted by molar-refractivity contribution is -0.138. The minimum absolute atomic E-state index is 0.365. The van der Waals surface area contributed by atoms with E-state index < -0.39 is 0 Å². The monoisotopic (exact) mass is 174 g/mol. The second kappa shape index (κ2) is 7.49. The molecule has 0 aromatic heterocycles. The molecule has 0 fully saturated rings. The van der Waals surface area contributed by atoms with Crippen molar-refractivity contribution in [2.24, 2.45) is 0 Å². The summed E-state index contributed by atoms with van der Waals surface area (Å²) < 4.78 is 9.81. The summed E-state index contributed by atoms with van der Waals surface area (Å²) in [6, 6.07) is 0. The van der Waals surface area contributed by atoms with Crippen molar-refractivity contribution in [2.45, 2.75) is 6.42 Å². The van der Waals surface area contributed by atoms with Gasteiger partial charge in [-0.05, 0) is 0 Å². The van der Waals surface area contributed by atoms with Gasteiger partial charge in [0.1, 0.15) is 0 Å². The third-order valence-corrected chi connectivity index (χ3v) is 1.46. The number of carbonyl (C=O) groups is 1. The normalized spacial score (nSPS) is 9.45. The Kier molecular flexibility index (Phi) is 7.08. The van der Waals surface area contributed by atoms with Gasteiger partial charge in [-0.15, -0.1) is 0 Å². The molecule has 0 saturated carbocycles. The third kappa shape index (κ3) is 7.28. The first-order valence-corrected chi connectivity index (χ1v) is 5.09. The van der Waals surface area contributed by atoms with Crippen LogP contribution in [0, 0.1) is 0 Å². The van der Waals surface area contributed by atoms with E-state index in [9.17, 15) is 4.79 Å². The second-order valence-corrected chi connectivity index (χ2v) is 2.50. The molecule has 0 aliphatic heterocycles. The van der Waals surface area contributed by atoms with Gasteiger partial charge in [-0.25, -0.2) is 4.79 Å². The third-order valence-electron chi connectivity index (χ3n) is 1.05. The molecule has 4 heteroatoms. The maximum Gasteiger partial charge on any atom is 0.330 e. The lowest BCUT2D eigenvalue weighted by Gasteiger charge is -2.01. The molecule has 0 saturated heterocycles. The van der Waals surface area contributed by atoms with E-state index in [1.165, 1.54) is 0 Å². The van der Waals surface area contributed by atoms with E-state index in [0.717, 1.165) is 29.0 Å². The fourth-order valence-electron chi connectivity index (χ4n) is 0.537. The number of carbonyl (C=O) groups excluding carboxylic acids is 1. The van der Waals surface area contributed by atoms with E-state index in [-0.39, 0.29) is 5.97 Å². The van der Waals surface area contributed by atoms with Crippen LogP contribution in [0.4, 0.5) is 0 Å². The summed E-state index contributed by atoms with van der Waals surface area (Å²) in [4.78, 5) is 10.5. The van der Waals surface area contributed by atoms with Gasteiger partial charge >= 0.3 is 5.97 Å². The predicted octanol–water partition coefficient (Wildman–Crippen LogP) is -0.555. The highest BCUT2D eigenvalue weighted by atomic mass is 28.1. The van der Waals surface area contributed by atoms with Crippen molar-refractivity contribution in [2.75, 3.05) is 19.4 Å². The quantitative estimate of drug-likeness (QED) is 0.234. The van der Waals surface area contributed by atoms with Crippen LogP contribution < -0.4 is 0 Å². The van der Waals surface area contributed by atoms with Crippen LogP contribution in [-0.4, -0.2) is 35.7 Å². The van der Waals surface area contributed by atoms with Crippen LogP contribution in [0.25, 0.3) is 0 Å². The number of ether oxygens (including phenoxy) is 2. The first-order valence-electron chi connectivity index (χ1n) is 3.68. The Hall–Kier alpha value is -0.613. The van der Waals surface area contributed by atoms with Gasteiger partial charge in [0.05, 0.1) is 6.61 Å². The average Bonchev–Trinajstić information content (AvgIpc) is 2.04. The topological polar surface area (TPSA) is 35.5 Å². The van der Waals surface area contributed by atoms with E-state index in [1.54, 1.807) is 0 Å². The van der Waals surface area contributed by atoms with Crippen molar-refractivity contribution in [3.8, 4) is 0 Å². The van der Waals surface area contributed by atoms with Gasteiger partial charge in [0, 0.05) is 35.6 Å². The Labute approximate surface area is 69.8 Å². The lowest BCUT2D eigenvalue weighted by atomic mass is 10.5. The highest BCUT2D eigenvalue weighted by Gasteiger charge is 1.93. The molecule has 0 atom stereocenters. The zero-order chi connectivity index (χ0) is 8.53. The summed E-state index contributed by atoms with van der Waals surface area (Å²) in [5, 5.41) is 0. The van der Waals surface area contributed by atoms with Crippen LogP contribution in [0.5, 0.6) is 0 Å². The molecule has 0 unspecified atom stereocenters. The Bertz CT molecular complexity index is 125. The fraction of sp³-hybridized carbons (Fsp3) is 0.571. The molecule has 0 aromatic rings. The van der Waals surface area contributed by atoms with Gasteiger partial charge in [-0.2, -0.15) is 0 Å². The SMILES string of the molecule is C=CC(=O)OCCCOC[SiH3]. The van der Waals surface area contributed by atoms with Crippen LogP contribution in [0.15, 0.2) is 12.7 Å². The Morgan fingerprint density at radius 3 is 2.82 bits per heavy atom. The molecule has 0 radical (unpaired) electrons. The molecule has 0 rings (SSSR count). The first-order chi connectivity index (χ1) is 5.31. The zero-order valence-corrected chi connectivity index (χ0v) is 8.84. The van der Waals surface area contributed by atoms with Crippen molar-refractivity contribution < 1.29 is 14.3 Å². The minimum Gasteiger partial charge on any atom is -0.462 e. The fourth-order valence-corrected chi connectivity index (χ4v) is 0.826. The summed E-state index contributed by atoms with van der Waals surface area (Å²) in [5.74, 6) is -0.365. The lowest BCUT2D eigenvalue weighted by Crippen LogP contribution is -2.05. The highest BCUT2D eigenvalue weighted by Crippen LogP contribution is 1.85. The Balaban J connectivity index is 3.01. The van der Waals surface area contributed by atoms with Gasteiger partial charge in [-0.1, -0.05) is 6.58 Å². The van der Waals surface area contributed by atoms with Gasteiger partial charge in [0.2, 0.25) is 0 Å².